The number of aryl methyl sites for hydroxylation is 2. The molecule has 0 spiro atoms. The number of nitrogens with one attached hydrogen (secondary N) is 2. The molecule has 2 amide bonds. The van der Waals surface area contributed by atoms with Crippen LogP contribution < -0.4 is 10.6 Å². The molecule has 0 saturated heterocycles. The fraction of sp³-hybridized carbons (Fsp3) is 0.188. The lowest BCUT2D eigenvalue weighted by Crippen LogP contribution is -2.14. The maximum atomic E-state index is 12.1. The summed E-state index contributed by atoms with van der Waals surface area (Å²) in [7, 11) is 0. The van der Waals surface area contributed by atoms with Crippen LogP contribution in [0.4, 0.5) is 11.4 Å². The Morgan fingerprint density at radius 1 is 1.05 bits per heavy atom. The molecule has 5 heteroatoms. The molecular weight excluding hydrogens is 266 g/mol. The van der Waals surface area contributed by atoms with Crippen molar-refractivity contribution in [3.05, 3.63) is 53.3 Å². The highest BCUT2D eigenvalue weighted by Gasteiger charge is 2.09. The van der Waals surface area contributed by atoms with Crippen molar-refractivity contribution in [3.63, 3.8) is 0 Å². The molecule has 2 rings (SSSR count). The number of pyridine rings is 1. The number of anilines is 2. The second-order valence-corrected chi connectivity index (χ2v) is 4.83. The summed E-state index contributed by atoms with van der Waals surface area (Å²) in [6, 6.07) is 10.6. The summed E-state index contributed by atoms with van der Waals surface area (Å²) in [6.07, 6.45) is 0. The minimum Gasteiger partial charge on any atom is -0.326 e. The van der Waals surface area contributed by atoms with Crippen molar-refractivity contribution in [3.8, 4) is 0 Å². The van der Waals surface area contributed by atoms with Gasteiger partial charge in [0.15, 0.2) is 0 Å². The molecule has 5 nitrogen and oxygen atoms in total. The fourth-order valence-electron chi connectivity index (χ4n) is 1.94. The Bertz CT molecular complexity index is 696. The van der Waals surface area contributed by atoms with E-state index in [1.54, 1.807) is 30.3 Å². The zero-order valence-electron chi connectivity index (χ0n) is 12.2. The van der Waals surface area contributed by atoms with E-state index in [0.717, 1.165) is 16.9 Å². The third kappa shape index (κ3) is 3.89. The topological polar surface area (TPSA) is 71.1 Å². The van der Waals surface area contributed by atoms with E-state index in [0.29, 0.717) is 11.4 Å². The van der Waals surface area contributed by atoms with Crippen molar-refractivity contribution in [1.29, 1.82) is 0 Å². The van der Waals surface area contributed by atoms with Gasteiger partial charge in [-0.25, -0.2) is 4.98 Å². The summed E-state index contributed by atoms with van der Waals surface area (Å²) in [5.74, 6) is -0.385. The van der Waals surface area contributed by atoms with Gasteiger partial charge in [0.25, 0.3) is 5.91 Å². The van der Waals surface area contributed by atoms with E-state index in [2.05, 4.69) is 15.6 Å². The first-order chi connectivity index (χ1) is 9.95. The normalized spacial score (nSPS) is 10.0. The highest BCUT2D eigenvalue weighted by Crippen LogP contribution is 2.20. The molecule has 1 heterocycles. The SMILES string of the molecule is CC(=O)Nc1ccc(NC(=O)c2cccc(C)n2)cc1C. The first-order valence-electron chi connectivity index (χ1n) is 6.59. The summed E-state index contributed by atoms with van der Waals surface area (Å²) in [5, 5.41) is 5.52. The van der Waals surface area contributed by atoms with Crippen LogP contribution in [0.5, 0.6) is 0 Å². The van der Waals surface area contributed by atoms with Gasteiger partial charge in [-0.1, -0.05) is 6.07 Å². The van der Waals surface area contributed by atoms with Crippen LogP contribution >= 0.6 is 0 Å². The smallest absolute Gasteiger partial charge is 0.274 e. The summed E-state index contributed by atoms with van der Waals surface area (Å²) in [4.78, 5) is 27.3. The van der Waals surface area contributed by atoms with Gasteiger partial charge in [0.05, 0.1) is 0 Å². The molecule has 0 aliphatic rings. The molecule has 0 aliphatic heterocycles. The maximum absolute atomic E-state index is 12.1. The third-order valence-corrected chi connectivity index (χ3v) is 2.92. The van der Waals surface area contributed by atoms with E-state index in [1.165, 1.54) is 6.92 Å². The Balaban J connectivity index is 2.15. The van der Waals surface area contributed by atoms with Crippen LogP contribution in [-0.4, -0.2) is 16.8 Å². The van der Waals surface area contributed by atoms with Gasteiger partial charge in [-0.05, 0) is 49.7 Å². The zero-order chi connectivity index (χ0) is 15.4. The van der Waals surface area contributed by atoms with Crippen molar-refractivity contribution in [2.45, 2.75) is 20.8 Å². The number of carbonyl (C=O) groups excluding carboxylic acids is 2. The standard InChI is InChI=1S/C16H17N3O2/c1-10-9-13(7-8-14(10)18-12(3)20)19-16(21)15-6-4-5-11(2)17-15/h4-9H,1-3H3,(H,18,20)(H,19,21). The quantitative estimate of drug-likeness (QED) is 0.909. The first kappa shape index (κ1) is 14.7. The highest BCUT2D eigenvalue weighted by molar-refractivity contribution is 6.03. The molecule has 2 N–H and O–H groups in total. The van der Waals surface area contributed by atoms with Crippen LogP contribution in [0.1, 0.15) is 28.7 Å². The zero-order valence-corrected chi connectivity index (χ0v) is 12.2. The minimum absolute atomic E-state index is 0.126. The second-order valence-electron chi connectivity index (χ2n) is 4.83. The van der Waals surface area contributed by atoms with E-state index in [1.807, 2.05) is 19.9 Å². The second kappa shape index (κ2) is 6.17. The predicted octanol–water partition coefficient (Wildman–Crippen LogP) is 2.91. The lowest BCUT2D eigenvalue weighted by Gasteiger charge is -2.10. The molecule has 0 saturated carbocycles. The number of hydrogen-bond donors (Lipinski definition) is 2. The van der Waals surface area contributed by atoms with E-state index in [4.69, 9.17) is 0 Å². The van der Waals surface area contributed by atoms with Crippen molar-refractivity contribution in [2.24, 2.45) is 0 Å². The van der Waals surface area contributed by atoms with E-state index in [9.17, 15) is 9.59 Å². The molecule has 1 aromatic carbocycles. The van der Waals surface area contributed by atoms with Crippen LogP contribution in [0.2, 0.25) is 0 Å². The van der Waals surface area contributed by atoms with Gasteiger partial charge >= 0.3 is 0 Å². The van der Waals surface area contributed by atoms with Gasteiger partial charge in [0.1, 0.15) is 5.69 Å². The van der Waals surface area contributed by atoms with Gasteiger partial charge in [-0.2, -0.15) is 0 Å². The van der Waals surface area contributed by atoms with Crippen LogP contribution in [0.25, 0.3) is 0 Å². The molecule has 0 aliphatic carbocycles. The van der Waals surface area contributed by atoms with E-state index < -0.39 is 0 Å². The van der Waals surface area contributed by atoms with Gasteiger partial charge in [0, 0.05) is 24.0 Å². The molecule has 0 unspecified atom stereocenters. The molecular formula is C16H17N3O2. The van der Waals surface area contributed by atoms with E-state index in [-0.39, 0.29) is 11.8 Å². The molecule has 0 atom stereocenters. The Kier molecular flexibility index (Phi) is 4.33. The molecule has 0 bridgehead atoms. The van der Waals surface area contributed by atoms with Crippen molar-refractivity contribution in [1.82, 2.24) is 4.98 Å². The van der Waals surface area contributed by atoms with Crippen LogP contribution in [-0.2, 0) is 4.79 Å². The number of aromatic nitrogens is 1. The average Bonchev–Trinajstić information content (AvgIpc) is 2.41. The number of rotatable bonds is 3. The molecule has 1 aromatic heterocycles. The number of amides is 2. The number of carbonyl (C=O) groups is 2. The third-order valence-electron chi connectivity index (χ3n) is 2.92. The molecule has 0 fully saturated rings. The molecule has 21 heavy (non-hydrogen) atoms. The largest absolute Gasteiger partial charge is 0.326 e. The van der Waals surface area contributed by atoms with Crippen molar-refractivity contribution in [2.75, 3.05) is 10.6 Å². The van der Waals surface area contributed by atoms with Crippen LogP contribution in [0, 0.1) is 13.8 Å². The van der Waals surface area contributed by atoms with Gasteiger partial charge in [-0.3, -0.25) is 9.59 Å². The lowest BCUT2D eigenvalue weighted by atomic mass is 10.1. The van der Waals surface area contributed by atoms with Gasteiger partial charge in [0.2, 0.25) is 5.91 Å². The summed E-state index contributed by atoms with van der Waals surface area (Å²) in [5.41, 5.74) is 3.43. The van der Waals surface area contributed by atoms with Gasteiger partial charge in [-0.15, -0.1) is 0 Å². The first-order valence-corrected chi connectivity index (χ1v) is 6.59. The minimum atomic E-state index is -0.259. The summed E-state index contributed by atoms with van der Waals surface area (Å²) in [6.45, 7) is 5.16. The Morgan fingerprint density at radius 2 is 1.81 bits per heavy atom. The molecule has 2 aromatic rings. The molecule has 108 valence electrons. The Morgan fingerprint density at radius 3 is 2.43 bits per heavy atom. The maximum Gasteiger partial charge on any atom is 0.274 e. The Labute approximate surface area is 123 Å². The molecule has 0 radical (unpaired) electrons. The van der Waals surface area contributed by atoms with Crippen molar-refractivity contribution >= 4 is 23.2 Å². The Hall–Kier alpha value is -2.69. The van der Waals surface area contributed by atoms with Crippen molar-refractivity contribution < 1.29 is 9.59 Å². The monoisotopic (exact) mass is 283 g/mol. The number of benzene rings is 1. The summed E-state index contributed by atoms with van der Waals surface area (Å²) >= 11 is 0. The van der Waals surface area contributed by atoms with Gasteiger partial charge < -0.3 is 10.6 Å². The van der Waals surface area contributed by atoms with E-state index >= 15 is 0 Å². The average molecular weight is 283 g/mol. The van der Waals surface area contributed by atoms with Crippen LogP contribution in [0.3, 0.4) is 0 Å². The number of nitrogens with zero attached hydrogens (tertiary/aromatic N) is 1. The summed E-state index contributed by atoms with van der Waals surface area (Å²) < 4.78 is 0. The lowest BCUT2D eigenvalue weighted by molar-refractivity contribution is -0.114. The number of hydrogen-bond acceptors (Lipinski definition) is 3. The van der Waals surface area contributed by atoms with Crippen LogP contribution in [0.15, 0.2) is 36.4 Å². The highest BCUT2D eigenvalue weighted by atomic mass is 16.2. The fourth-order valence-corrected chi connectivity index (χ4v) is 1.94. The predicted molar refractivity (Wildman–Crippen MR) is 82.4 cm³/mol.